The molecule has 0 aliphatic carbocycles. The van der Waals surface area contributed by atoms with Crippen LogP contribution in [0.15, 0.2) is 16.8 Å². The van der Waals surface area contributed by atoms with Crippen LogP contribution < -0.4 is 5.32 Å². The van der Waals surface area contributed by atoms with Gasteiger partial charge in [-0.15, -0.1) is 0 Å². The molecule has 0 spiro atoms. The van der Waals surface area contributed by atoms with Crippen molar-refractivity contribution in [1.29, 1.82) is 0 Å². The second-order valence-electron chi connectivity index (χ2n) is 4.13. The molecular weight excluding hydrogens is 176 g/mol. The summed E-state index contributed by atoms with van der Waals surface area (Å²) in [7, 11) is 0. The van der Waals surface area contributed by atoms with E-state index in [0.717, 1.165) is 0 Å². The van der Waals surface area contributed by atoms with Gasteiger partial charge in [0.05, 0.1) is 11.7 Å². The lowest BCUT2D eigenvalue weighted by Gasteiger charge is -2.17. The summed E-state index contributed by atoms with van der Waals surface area (Å²) in [5.74, 6) is 7.00. The lowest BCUT2D eigenvalue weighted by atomic mass is 9.88. The molecule has 3 rings (SSSR count). The molecule has 3 nitrogen and oxygen atoms in total. The number of nitrogens with zero attached hydrogens (tertiary/aromatic N) is 1. The SMILES string of the molecule is C(#CC12CCC(CC1)N2)c1ccno1. The first-order chi connectivity index (χ1) is 6.86. The Labute approximate surface area is 82.9 Å². The first kappa shape index (κ1) is 8.07. The van der Waals surface area contributed by atoms with Gasteiger partial charge in [-0.25, -0.2) is 0 Å². The van der Waals surface area contributed by atoms with Crippen molar-refractivity contribution in [2.75, 3.05) is 0 Å². The summed E-state index contributed by atoms with van der Waals surface area (Å²) in [6.45, 7) is 0. The number of hydrogen-bond acceptors (Lipinski definition) is 3. The van der Waals surface area contributed by atoms with Crippen molar-refractivity contribution in [2.45, 2.75) is 37.3 Å². The van der Waals surface area contributed by atoms with Gasteiger partial charge in [-0.2, -0.15) is 0 Å². The predicted molar refractivity (Wildman–Crippen MR) is 51.5 cm³/mol. The topological polar surface area (TPSA) is 38.1 Å². The number of aromatic nitrogens is 1. The predicted octanol–water partition coefficient (Wildman–Crippen LogP) is 1.31. The quantitative estimate of drug-likeness (QED) is 0.624. The van der Waals surface area contributed by atoms with E-state index in [1.54, 1.807) is 12.3 Å². The summed E-state index contributed by atoms with van der Waals surface area (Å²) in [5.41, 5.74) is 0.0808. The standard InChI is InChI=1S/C11H12N2O/c1-5-11(6-2-9(1)13-11)7-3-10-4-8-12-14-10/h4,8-9,13H,1-2,5-6H2. The minimum atomic E-state index is 0.0808. The molecule has 0 aromatic carbocycles. The Bertz CT molecular complexity index is 377. The average molecular weight is 188 g/mol. The van der Waals surface area contributed by atoms with Crippen LogP contribution >= 0.6 is 0 Å². The Kier molecular flexibility index (Phi) is 1.65. The van der Waals surface area contributed by atoms with Gasteiger partial charge in [0.25, 0.3) is 0 Å². The second-order valence-corrected chi connectivity index (χ2v) is 4.13. The van der Waals surface area contributed by atoms with Crippen molar-refractivity contribution in [1.82, 2.24) is 10.5 Å². The summed E-state index contributed by atoms with van der Waals surface area (Å²) in [5, 5.41) is 7.20. The minimum Gasteiger partial charge on any atom is -0.348 e. The first-order valence-corrected chi connectivity index (χ1v) is 5.08. The molecule has 2 aliphatic heterocycles. The molecule has 1 aromatic rings. The molecule has 72 valence electrons. The molecule has 1 N–H and O–H groups in total. The number of hydrogen-bond donors (Lipinski definition) is 1. The second kappa shape index (κ2) is 2.86. The summed E-state index contributed by atoms with van der Waals surface area (Å²) in [6.07, 6.45) is 6.52. The van der Waals surface area contributed by atoms with Gasteiger partial charge in [0.15, 0.2) is 0 Å². The number of fused-ring (bicyclic) bond motifs is 2. The maximum Gasteiger partial charge on any atom is 0.209 e. The van der Waals surface area contributed by atoms with Gasteiger partial charge in [-0.1, -0.05) is 11.1 Å². The molecule has 0 radical (unpaired) electrons. The molecule has 1 aromatic heterocycles. The maximum atomic E-state index is 4.95. The van der Waals surface area contributed by atoms with Crippen molar-refractivity contribution >= 4 is 0 Å². The lowest BCUT2D eigenvalue weighted by Crippen LogP contribution is -2.34. The van der Waals surface area contributed by atoms with E-state index in [1.807, 2.05) is 0 Å². The van der Waals surface area contributed by atoms with Crippen molar-refractivity contribution in [3.05, 3.63) is 18.0 Å². The van der Waals surface area contributed by atoms with Gasteiger partial charge in [0.1, 0.15) is 0 Å². The van der Waals surface area contributed by atoms with Gasteiger partial charge in [0.2, 0.25) is 5.76 Å². The molecule has 0 unspecified atom stereocenters. The third-order valence-corrected chi connectivity index (χ3v) is 3.18. The molecule has 2 saturated heterocycles. The Morgan fingerprint density at radius 3 is 2.93 bits per heavy atom. The van der Waals surface area contributed by atoms with Gasteiger partial charge in [-0.05, 0) is 31.6 Å². The van der Waals surface area contributed by atoms with Crippen molar-refractivity contribution in [3.63, 3.8) is 0 Å². The third-order valence-electron chi connectivity index (χ3n) is 3.18. The molecule has 14 heavy (non-hydrogen) atoms. The fourth-order valence-corrected chi connectivity index (χ4v) is 2.41. The van der Waals surface area contributed by atoms with Gasteiger partial charge in [0, 0.05) is 12.1 Å². The zero-order valence-corrected chi connectivity index (χ0v) is 7.92. The van der Waals surface area contributed by atoms with E-state index in [9.17, 15) is 0 Å². The normalized spacial score (nSPS) is 34.1. The highest BCUT2D eigenvalue weighted by molar-refractivity contribution is 5.32. The van der Waals surface area contributed by atoms with Crippen LogP contribution in [0, 0.1) is 11.8 Å². The van der Waals surface area contributed by atoms with Gasteiger partial charge < -0.3 is 4.52 Å². The smallest absolute Gasteiger partial charge is 0.209 e. The zero-order chi connectivity index (χ0) is 9.43. The molecule has 3 heteroatoms. The largest absolute Gasteiger partial charge is 0.348 e. The van der Waals surface area contributed by atoms with Gasteiger partial charge in [-0.3, -0.25) is 5.32 Å². The monoisotopic (exact) mass is 188 g/mol. The average Bonchev–Trinajstić information content (AvgIpc) is 2.93. The van der Waals surface area contributed by atoms with E-state index in [1.165, 1.54) is 25.7 Å². The molecule has 2 aliphatic rings. The van der Waals surface area contributed by atoms with E-state index in [0.29, 0.717) is 11.8 Å². The van der Waals surface area contributed by atoms with Crippen LogP contribution in [0.3, 0.4) is 0 Å². The number of rotatable bonds is 0. The van der Waals surface area contributed by atoms with E-state index in [4.69, 9.17) is 4.52 Å². The summed E-state index contributed by atoms with van der Waals surface area (Å²) < 4.78 is 4.95. The fourth-order valence-electron chi connectivity index (χ4n) is 2.41. The third kappa shape index (κ3) is 1.23. The van der Waals surface area contributed by atoms with Crippen molar-refractivity contribution in [3.8, 4) is 11.8 Å². The van der Waals surface area contributed by atoms with Crippen LogP contribution in [-0.2, 0) is 0 Å². The van der Waals surface area contributed by atoms with Crippen molar-refractivity contribution < 1.29 is 4.52 Å². The van der Waals surface area contributed by atoms with E-state index < -0.39 is 0 Å². The molecule has 2 fully saturated rings. The molecule has 2 bridgehead atoms. The Hall–Kier alpha value is -1.27. The summed E-state index contributed by atoms with van der Waals surface area (Å²) in [4.78, 5) is 0. The highest BCUT2D eigenvalue weighted by atomic mass is 16.5. The van der Waals surface area contributed by atoms with Crippen LogP contribution in [0.1, 0.15) is 31.4 Å². The molecular formula is C11H12N2O. The Morgan fingerprint density at radius 2 is 2.36 bits per heavy atom. The minimum absolute atomic E-state index is 0.0808. The Morgan fingerprint density at radius 1 is 1.50 bits per heavy atom. The molecule has 0 amide bonds. The first-order valence-electron chi connectivity index (χ1n) is 5.08. The fraction of sp³-hybridized carbons (Fsp3) is 0.545. The molecule has 0 saturated carbocycles. The van der Waals surface area contributed by atoms with Crippen LogP contribution in [0.5, 0.6) is 0 Å². The van der Waals surface area contributed by atoms with Crippen LogP contribution in [0.4, 0.5) is 0 Å². The zero-order valence-electron chi connectivity index (χ0n) is 7.92. The molecule has 0 atom stereocenters. The number of nitrogens with one attached hydrogen (secondary N) is 1. The highest BCUT2D eigenvalue weighted by Gasteiger charge is 2.42. The summed E-state index contributed by atoms with van der Waals surface area (Å²) in [6, 6.07) is 2.50. The maximum absolute atomic E-state index is 4.95. The van der Waals surface area contributed by atoms with Crippen LogP contribution in [0.2, 0.25) is 0 Å². The summed E-state index contributed by atoms with van der Waals surface area (Å²) >= 11 is 0. The lowest BCUT2D eigenvalue weighted by molar-refractivity contribution is 0.410. The van der Waals surface area contributed by atoms with E-state index in [-0.39, 0.29) is 5.54 Å². The van der Waals surface area contributed by atoms with Crippen LogP contribution in [0.25, 0.3) is 0 Å². The van der Waals surface area contributed by atoms with E-state index >= 15 is 0 Å². The Balaban J connectivity index is 1.84. The van der Waals surface area contributed by atoms with Crippen LogP contribution in [-0.4, -0.2) is 16.7 Å². The highest BCUT2D eigenvalue weighted by Crippen LogP contribution is 2.36. The van der Waals surface area contributed by atoms with Crippen molar-refractivity contribution in [2.24, 2.45) is 0 Å². The molecule has 3 heterocycles. The van der Waals surface area contributed by atoms with E-state index in [2.05, 4.69) is 22.3 Å². The van der Waals surface area contributed by atoms with Gasteiger partial charge >= 0.3 is 0 Å².